The second kappa shape index (κ2) is 5.59. The smallest absolute Gasteiger partial charge is 0.0273 e. The van der Waals surface area contributed by atoms with Crippen LogP contribution in [0.1, 0.15) is 27.2 Å². The van der Waals surface area contributed by atoms with E-state index in [0.29, 0.717) is 0 Å². The van der Waals surface area contributed by atoms with Gasteiger partial charge < -0.3 is 0 Å². The van der Waals surface area contributed by atoms with Crippen molar-refractivity contribution < 1.29 is 0 Å². The lowest BCUT2D eigenvalue weighted by molar-refractivity contribution is 1.14. The number of allylic oxidation sites excluding steroid dienone is 6. The van der Waals surface area contributed by atoms with Crippen molar-refractivity contribution in [1.82, 2.24) is 0 Å². The molecule has 0 spiro atoms. The third-order valence-electron chi connectivity index (χ3n) is 1.82. The minimum atomic E-state index is 1.02. The Bertz CT molecular complexity index is 226. The summed E-state index contributed by atoms with van der Waals surface area (Å²) in [5, 5.41) is 0. The molecule has 0 aliphatic carbocycles. The van der Waals surface area contributed by atoms with Gasteiger partial charge in [-0.2, -0.15) is 0 Å². The van der Waals surface area contributed by atoms with Gasteiger partial charge in [-0.05, 0) is 31.4 Å². The first-order valence-electron chi connectivity index (χ1n) is 4.30. The Morgan fingerprint density at radius 2 is 2.00 bits per heavy atom. The molecule has 0 radical (unpaired) electrons. The third-order valence-corrected chi connectivity index (χ3v) is 1.82. The summed E-state index contributed by atoms with van der Waals surface area (Å²) < 4.78 is 0. The Hall–Kier alpha value is -1.04. The van der Waals surface area contributed by atoms with Gasteiger partial charge in [-0.3, -0.25) is 0 Å². The summed E-state index contributed by atoms with van der Waals surface area (Å²) in [6.45, 7) is 13.8. The second-order valence-electron chi connectivity index (χ2n) is 2.80. The van der Waals surface area contributed by atoms with Gasteiger partial charge in [0.15, 0.2) is 0 Å². The Morgan fingerprint density at radius 3 is 2.25 bits per heavy atom. The molecule has 0 aromatic rings. The van der Waals surface area contributed by atoms with Crippen molar-refractivity contribution >= 4 is 0 Å². The summed E-state index contributed by atoms with van der Waals surface area (Å²) in [6.07, 6.45) is 7.12. The van der Waals surface area contributed by atoms with Gasteiger partial charge in [0, 0.05) is 0 Å². The van der Waals surface area contributed by atoms with Gasteiger partial charge in [-0.1, -0.05) is 43.9 Å². The molecule has 0 N–H and O–H groups in total. The highest BCUT2D eigenvalue weighted by Gasteiger charge is 1.93. The average molecular weight is 162 g/mol. The molecule has 0 nitrogen and oxygen atoms in total. The third kappa shape index (κ3) is 3.38. The Balaban J connectivity index is 4.68. The fraction of sp³-hybridized carbons (Fsp3) is 0.333. The maximum absolute atomic E-state index is 3.90. The molecule has 0 bridgehead atoms. The summed E-state index contributed by atoms with van der Waals surface area (Å²) in [6, 6.07) is 0. The van der Waals surface area contributed by atoms with Crippen LogP contribution in [0, 0.1) is 0 Å². The Labute approximate surface area is 76.0 Å². The van der Waals surface area contributed by atoms with Crippen LogP contribution in [0.15, 0.2) is 48.1 Å². The first-order chi connectivity index (χ1) is 5.65. The van der Waals surface area contributed by atoms with E-state index in [9.17, 15) is 0 Å². The minimum absolute atomic E-state index is 1.02. The summed E-state index contributed by atoms with van der Waals surface area (Å²) in [5.74, 6) is 0. The summed E-state index contributed by atoms with van der Waals surface area (Å²) in [7, 11) is 0. The maximum atomic E-state index is 3.90. The van der Waals surface area contributed by atoms with Crippen LogP contribution in [0.25, 0.3) is 0 Å². The molecule has 0 saturated carbocycles. The Morgan fingerprint density at radius 1 is 1.42 bits per heavy atom. The molecule has 12 heavy (non-hydrogen) atoms. The van der Waals surface area contributed by atoms with Crippen molar-refractivity contribution in [2.45, 2.75) is 27.2 Å². The molecule has 0 saturated heterocycles. The normalized spacial score (nSPS) is 12.9. The lowest BCUT2D eigenvalue weighted by atomic mass is 10.0. The van der Waals surface area contributed by atoms with Gasteiger partial charge in [0.05, 0.1) is 0 Å². The van der Waals surface area contributed by atoms with Crippen LogP contribution < -0.4 is 0 Å². The standard InChI is InChI=1S/C12H18/c1-6-11(7-2)9-12(8-3)10(4)5/h6,8-9H,1,4,7H2,2-3,5H3/b11-9+,12-8+. The highest BCUT2D eigenvalue weighted by atomic mass is 14.0. The second-order valence-corrected chi connectivity index (χ2v) is 2.80. The molecule has 0 atom stereocenters. The zero-order valence-electron chi connectivity index (χ0n) is 8.35. The van der Waals surface area contributed by atoms with Gasteiger partial charge in [0.25, 0.3) is 0 Å². The quantitative estimate of drug-likeness (QED) is 0.547. The highest BCUT2D eigenvalue weighted by molar-refractivity contribution is 5.40. The van der Waals surface area contributed by atoms with Crippen LogP contribution >= 0.6 is 0 Å². The lowest BCUT2D eigenvalue weighted by Gasteiger charge is -2.01. The molecule has 0 fully saturated rings. The molecule has 0 amide bonds. The van der Waals surface area contributed by atoms with Crippen molar-refractivity contribution in [2.75, 3.05) is 0 Å². The SMILES string of the molecule is C=C/C(=C\C(=C/C)C(=C)C)CC. The van der Waals surface area contributed by atoms with Crippen LogP contribution in [-0.2, 0) is 0 Å². The van der Waals surface area contributed by atoms with Crippen molar-refractivity contribution in [3.63, 3.8) is 0 Å². The predicted octanol–water partition coefficient (Wildman–Crippen LogP) is 4.03. The van der Waals surface area contributed by atoms with E-state index in [0.717, 1.165) is 12.0 Å². The van der Waals surface area contributed by atoms with E-state index in [4.69, 9.17) is 0 Å². The average Bonchev–Trinajstić information content (AvgIpc) is 2.06. The van der Waals surface area contributed by atoms with E-state index in [2.05, 4.69) is 32.2 Å². The molecular weight excluding hydrogens is 144 g/mol. The zero-order valence-corrected chi connectivity index (χ0v) is 8.35. The van der Waals surface area contributed by atoms with Gasteiger partial charge in [-0.25, -0.2) is 0 Å². The predicted molar refractivity (Wildman–Crippen MR) is 57.1 cm³/mol. The molecular formula is C12H18. The molecule has 0 heterocycles. The fourth-order valence-electron chi connectivity index (χ4n) is 0.958. The van der Waals surface area contributed by atoms with E-state index in [-0.39, 0.29) is 0 Å². The van der Waals surface area contributed by atoms with Crippen LogP contribution in [0.5, 0.6) is 0 Å². The molecule has 0 aromatic carbocycles. The summed E-state index contributed by atoms with van der Waals surface area (Å²) >= 11 is 0. The van der Waals surface area contributed by atoms with Crippen molar-refractivity contribution in [1.29, 1.82) is 0 Å². The van der Waals surface area contributed by atoms with Crippen LogP contribution in [0.2, 0.25) is 0 Å². The zero-order chi connectivity index (χ0) is 9.56. The highest BCUT2D eigenvalue weighted by Crippen LogP contribution is 2.13. The molecule has 0 unspecified atom stereocenters. The first kappa shape index (κ1) is 11.0. The molecule has 0 aliphatic rings. The fourth-order valence-corrected chi connectivity index (χ4v) is 0.958. The van der Waals surface area contributed by atoms with Gasteiger partial charge in [0.1, 0.15) is 0 Å². The van der Waals surface area contributed by atoms with E-state index in [1.807, 2.05) is 19.9 Å². The minimum Gasteiger partial charge on any atom is -0.0988 e. The van der Waals surface area contributed by atoms with Crippen LogP contribution in [0.3, 0.4) is 0 Å². The van der Waals surface area contributed by atoms with Crippen molar-refractivity contribution in [3.8, 4) is 0 Å². The molecule has 66 valence electrons. The number of hydrogen-bond acceptors (Lipinski definition) is 0. The summed E-state index contributed by atoms with van der Waals surface area (Å²) in [5.41, 5.74) is 3.56. The topological polar surface area (TPSA) is 0 Å². The molecule has 0 aliphatic heterocycles. The summed E-state index contributed by atoms with van der Waals surface area (Å²) in [4.78, 5) is 0. The van der Waals surface area contributed by atoms with E-state index >= 15 is 0 Å². The Kier molecular flexibility index (Phi) is 5.11. The largest absolute Gasteiger partial charge is 0.0988 e. The van der Waals surface area contributed by atoms with Crippen LogP contribution in [0.4, 0.5) is 0 Å². The van der Waals surface area contributed by atoms with Gasteiger partial charge >= 0.3 is 0 Å². The van der Waals surface area contributed by atoms with Crippen LogP contribution in [-0.4, -0.2) is 0 Å². The number of hydrogen-bond donors (Lipinski definition) is 0. The molecule has 0 aromatic heterocycles. The number of rotatable bonds is 4. The van der Waals surface area contributed by atoms with E-state index in [1.54, 1.807) is 0 Å². The van der Waals surface area contributed by atoms with E-state index in [1.165, 1.54) is 11.1 Å². The van der Waals surface area contributed by atoms with E-state index < -0.39 is 0 Å². The molecule has 0 rings (SSSR count). The van der Waals surface area contributed by atoms with Crippen molar-refractivity contribution in [2.24, 2.45) is 0 Å². The first-order valence-corrected chi connectivity index (χ1v) is 4.30. The lowest BCUT2D eigenvalue weighted by Crippen LogP contribution is -1.81. The van der Waals surface area contributed by atoms with Crippen molar-refractivity contribution in [3.05, 3.63) is 48.1 Å². The monoisotopic (exact) mass is 162 g/mol. The maximum Gasteiger partial charge on any atom is -0.0273 e. The molecule has 0 heteroatoms. The van der Waals surface area contributed by atoms with Gasteiger partial charge in [-0.15, -0.1) is 0 Å². The van der Waals surface area contributed by atoms with Gasteiger partial charge in [0.2, 0.25) is 0 Å².